The number of carboxylic acids is 1. The second kappa shape index (κ2) is 3.08. The number of halogens is 1. The Hall–Kier alpha value is -1.39. The lowest BCUT2D eigenvalue weighted by Crippen LogP contribution is -2.12. The van der Waals surface area contributed by atoms with E-state index in [-0.39, 0.29) is 5.69 Å². The summed E-state index contributed by atoms with van der Waals surface area (Å²) in [4.78, 5) is 10.5. The maximum Gasteiger partial charge on any atom is 0.344 e. The highest BCUT2D eigenvalue weighted by molar-refractivity contribution is 5.74. The third-order valence-electron chi connectivity index (χ3n) is 2.57. The molecule has 0 spiro atoms. The van der Waals surface area contributed by atoms with E-state index in [1.165, 1.54) is 4.68 Å². The summed E-state index contributed by atoms with van der Waals surface area (Å²) in [5, 5.41) is 12.7. The van der Waals surface area contributed by atoms with Crippen LogP contribution in [0.2, 0.25) is 0 Å². The quantitative estimate of drug-likeness (QED) is 0.771. The van der Waals surface area contributed by atoms with Gasteiger partial charge >= 0.3 is 5.97 Å². The Balaban J connectivity index is 2.46. The van der Waals surface area contributed by atoms with Crippen molar-refractivity contribution in [3.63, 3.8) is 0 Å². The van der Waals surface area contributed by atoms with Crippen LogP contribution in [0.25, 0.3) is 0 Å². The third kappa shape index (κ3) is 1.20. The summed E-state index contributed by atoms with van der Waals surface area (Å²) < 4.78 is 14.7. The number of aromatic nitrogens is 2. The Bertz CT molecular complexity index is 386. The first-order valence-corrected chi connectivity index (χ1v) is 4.52. The molecule has 1 aromatic rings. The molecule has 0 aliphatic heterocycles. The Morgan fingerprint density at radius 2 is 2.36 bits per heavy atom. The molecule has 76 valence electrons. The molecule has 0 bridgehead atoms. The van der Waals surface area contributed by atoms with E-state index in [1.54, 1.807) is 7.05 Å². The predicted molar refractivity (Wildman–Crippen MR) is 46.7 cm³/mol. The van der Waals surface area contributed by atoms with Gasteiger partial charge in [-0.1, -0.05) is 0 Å². The van der Waals surface area contributed by atoms with Crippen molar-refractivity contribution in [2.24, 2.45) is 7.05 Å². The van der Waals surface area contributed by atoms with Crippen molar-refractivity contribution in [3.8, 4) is 0 Å². The lowest BCUT2D eigenvalue weighted by atomic mass is 10.1. The van der Waals surface area contributed by atoms with Crippen LogP contribution >= 0.6 is 0 Å². The number of carboxylic acid groups (broad SMARTS) is 1. The molecule has 0 fully saturated rings. The molecule has 4 nitrogen and oxygen atoms in total. The predicted octanol–water partition coefficient (Wildman–Crippen LogP) is 1.00. The molecule has 0 saturated heterocycles. The van der Waals surface area contributed by atoms with Crippen LogP contribution in [0.4, 0.5) is 4.39 Å². The van der Waals surface area contributed by atoms with E-state index in [0.717, 1.165) is 30.5 Å². The minimum absolute atomic E-state index is 0.213. The molecule has 0 aromatic carbocycles. The number of hydrogen-bond acceptors (Lipinski definition) is 2. The highest BCUT2D eigenvalue weighted by Crippen LogP contribution is 2.30. The standard InChI is InChI=1S/C9H11FN2O2/c1-12-8(7(10)9(13)14)5-3-2-4-6(5)11-12/h7H,2-4H2,1H3,(H,13,14). The Kier molecular flexibility index (Phi) is 2.02. The first-order chi connectivity index (χ1) is 6.61. The number of hydrogen-bond donors (Lipinski definition) is 1. The van der Waals surface area contributed by atoms with Crippen molar-refractivity contribution in [3.05, 3.63) is 17.0 Å². The Morgan fingerprint density at radius 3 is 3.00 bits per heavy atom. The summed E-state index contributed by atoms with van der Waals surface area (Å²) in [5.74, 6) is -1.44. The summed E-state index contributed by atoms with van der Waals surface area (Å²) in [5.41, 5.74) is 1.86. The van der Waals surface area contributed by atoms with Gasteiger partial charge in [0.15, 0.2) is 0 Å². The molecule has 1 N–H and O–H groups in total. The lowest BCUT2D eigenvalue weighted by molar-refractivity contribution is -0.143. The molecule has 1 heterocycles. The summed E-state index contributed by atoms with van der Waals surface area (Å²) in [6.45, 7) is 0. The molecule has 1 aliphatic rings. The molecule has 0 radical (unpaired) electrons. The van der Waals surface area contributed by atoms with E-state index in [1.807, 2.05) is 0 Å². The second-order valence-electron chi connectivity index (χ2n) is 3.49. The molecule has 5 heteroatoms. The zero-order valence-electron chi connectivity index (χ0n) is 7.83. The molecule has 0 saturated carbocycles. The maximum absolute atomic E-state index is 13.3. The van der Waals surface area contributed by atoms with Gasteiger partial charge in [-0.25, -0.2) is 9.18 Å². The molecule has 0 amide bonds. The van der Waals surface area contributed by atoms with Gasteiger partial charge in [-0.15, -0.1) is 0 Å². The van der Waals surface area contributed by atoms with Crippen LogP contribution in [-0.4, -0.2) is 20.9 Å². The smallest absolute Gasteiger partial charge is 0.344 e. The van der Waals surface area contributed by atoms with Crippen LogP contribution in [0, 0.1) is 0 Å². The number of carbonyl (C=O) groups is 1. The number of fused-ring (bicyclic) bond motifs is 1. The van der Waals surface area contributed by atoms with Gasteiger partial charge in [0.1, 0.15) is 0 Å². The topological polar surface area (TPSA) is 55.1 Å². The minimum atomic E-state index is -1.95. The first-order valence-electron chi connectivity index (χ1n) is 4.52. The van der Waals surface area contributed by atoms with E-state index in [2.05, 4.69) is 5.10 Å². The van der Waals surface area contributed by atoms with Crippen molar-refractivity contribution in [2.75, 3.05) is 0 Å². The van der Waals surface area contributed by atoms with Crippen molar-refractivity contribution >= 4 is 5.97 Å². The molecular weight excluding hydrogens is 187 g/mol. The van der Waals surface area contributed by atoms with Crippen LogP contribution < -0.4 is 0 Å². The van der Waals surface area contributed by atoms with Gasteiger partial charge in [0.05, 0.1) is 11.4 Å². The summed E-state index contributed by atoms with van der Waals surface area (Å²) in [6, 6.07) is 0. The summed E-state index contributed by atoms with van der Waals surface area (Å²) in [6.07, 6.45) is 0.564. The van der Waals surface area contributed by atoms with Gasteiger partial charge in [0, 0.05) is 12.6 Å². The van der Waals surface area contributed by atoms with E-state index in [4.69, 9.17) is 5.11 Å². The van der Waals surface area contributed by atoms with Crippen molar-refractivity contribution in [1.82, 2.24) is 9.78 Å². The van der Waals surface area contributed by atoms with E-state index < -0.39 is 12.1 Å². The fourth-order valence-electron chi connectivity index (χ4n) is 1.98. The zero-order valence-corrected chi connectivity index (χ0v) is 7.83. The normalized spacial score (nSPS) is 16.7. The van der Waals surface area contributed by atoms with Crippen LogP contribution in [0.15, 0.2) is 0 Å². The Morgan fingerprint density at radius 1 is 1.64 bits per heavy atom. The van der Waals surface area contributed by atoms with Crippen molar-refractivity contribution in [2.45, 2.75) is 25.4 Å². The molecule has 1 aromatic heterocycles. The van der Waals surface area contributed by atoms with E-state index in [9.17, 15) is 9.18 Å². The zero-order chi connectivity index (χ0) is 10.3. The lowest BCUT2D eigenvalue weighted by Gasteiger charge is -2.05. The summed E-state index contributed by atoms with van der Waals surface area (Å²) in [7, 11) is 1.59. The van der Waals surface area contributed by atoms with Crippen molar-refractivity contribution in [1.29, 1.82) is 0 Å². The van der Waals surface area contributed by atoms with Crippen LogP contribution in [0.1, 0.15) is 29.5 Å². The molecule has 14 heavy (non-hydrogen) atoms. The van der Waals surface area contributed by atoms with Crippen molar-refractivity contribution < 1.29 is 14.3 Å². The average molecular weight is 198 g/mol. The van der Waals surface area contributed by atoms with Gasteiger partial charge < -0.3 is 5.11 Å². The number of alkyl halides is 1. The molecular formula is C9H11FN2O2. The molecule has 1 aliphatic carbocycles. The van der Waals surface area contributed by atoms with Crippen LogP contribution in [-0.2, 0) is 24.7 Å². The van der Waals surface area contributed by atoms with Gasteiger partial charge in [0.2, 0.25) is 6.17 Å². The summed E-state index contributed by atoms with van der Waals surface area (Å²) >= 11 is 0. The van der Waals surface area contributed by atoms with Crippen LogP contribution in [0.3, 0.4) is 0 Å². The minimum Gasteiger partial charge on any atom is -0.479 e. The fraction of sp³-hybridized carbons (Fsp3) is 0.556. The van der Waals surface area contributed by atoms with Gasteiger partial charge in [-0.3, -0.25) is 4.68 Å². The molecule has 1 atom stereocenters. The van der Waals surface area contributed by atoms with E-state index >= 15 is 0 Å². The third-order valence-corrected chi connectivity index (χ3v) is 2.57. The largest absolute Gasteiger partial charge is 0.479 e. The molecule has 2 rings (SSSR count). The van der Waals surface area contributed by atoms with E-state index in [0.29, 0.717) is 0 Å². The van der Waals surface area contributed by atoms with Gasteiger partial charge in [-0.05, 0) is 19.3 Å². The fourth-order valence-corrected chi connectivity index (χ4v) is 1.98. The number of aryl methyl sites for hydroxylation is 2. The second-order valence-corrected chi connectivity index (χ2v) is 3.49. The van der Waals surface area contributed by atoms with Crippen LogP contribution in [0.5, 0.6) is 0 Å². The SMILES string of the molecule is Cn1nc2c(c1C(F)C(=O)O)CCC2. The van der Waals surface area contributed by atoms with Gasteiger partial charge in [-0.2, -0.15) is 5.10 Å². The highest BCUT2D eigenvalue weighted by Gasteiger charge is 2.30. The average Bonchev–Trinajstić information content (AvgIpc) is 2.62. The number of aliphatic carboxylic acids is 1. The number of nitrogens with zero attached hydrogens (tertiary/aromatic N) is 2. The first kappa shape index (κ1) is 9.18. The maximum atomic E-state index is 13.3. The Labute approximate surface area is 80.3 Å². The number of rotatable bonds is 2. The molecule has 1 unspecified atom stereocenters. The monoisotopic (exact) mass is 198 g/mol. The highest BCUT2D eigenvalue weighted by atomic mass is 19.1. The van der Waals surface area contributed by atoms with Gasteiger partial charge in [0.25, 0.3) is 0 Å².